The standard InChI is InChI=1S/C18H28BNO4.C11H13BrO2.C9H9BrO2.C6H4BrF3O.Na.H/c1-16(2,3)22-15(21)20-12-13-8-10-14(11-9-13)19-23-17(4,5)18(6,7)24-19;1-11(2,10(13)14-3)8-5-4-6-9(12)7-8;1-5-3-7(10)4-6(2)8(5)9(11)12;7-3-4-1-2-5(11-4)6(8,9)10;;/h8-11H,12H2,1-7H3,(H,20,21);4-7H,1-3H3;3-4H,1-2H3,(H,11,12);1-2H,3H2;;/q;;;;+1;-1. The second-order valence-electron chi connectivity index (χ2n) is 16.4. The first-order chi connectivity index (χ1) is 27.9. The summed E-state index contributed by atoms with van der Waals surface area (Å²) in [6, 6.07) is 21.3. The van der Waals surface area contributed by atoms with Crippen LogP contribution in [-0.2, 0) is 47.0 Å². The molecule has 0 atom stereocenters. The van der Waals surface area contributed by atoms with Gasteiger partial charge in [-0.05, 0) is 140 Å². The number of hydrogen-bond donors (Lipinski definition) is 2. The number of amides is 1. The van der Waals surface area contributed by atoms with E-state index in [4.69, 9.17) is 23.9 Å². The molecule has 0 aliphatic carbocycles. The minimum Gasteiger partial charge on any atom is -1.00 e. The molecule has 0 saturated carbocycles. The number of furan rings is 1. The largest absolute Gasteiger partial charge is 1.00 e. The van der Waals surface area contributed by atoms with Crippen molar-refractivity contribution in [2.75, 3.05) is 7.11 Å². The predicted molar refractivity (Wildman–Crippen MR) is 242 cm³/mol. The van der Waals surface area contributed by atoms with Crippen LogP contribution in [0.5, 0.6) is 0 Å². The van der Waals surface area contributed by atoms with Crippen molar-refractivity contribution in [2.24, 2.45) is 0 Å². The molecule has 0 unspecified atom stereocenters. The molecular formula is C44H55BBr3F3NNaO9. The number of nitrogens with one attached hydrogen (secondary N) is 1. The predicted octanol–water partition coefficient (Wildman–Crippen LogP) is 8.98. The summed E-state index contributed by atoms with van der Waals surface area (Å²) < 4.78 is 63.8. The Morgan fingerprint density at radius 1 is 0.839 bits per heavy atom. The number of hydrogen-bond acceptors (Lipinski definition) is 8. The van der Waals surface area contributed by atoms with Gasteiger partial charge in [0.15, 0.2) is 0 Å². The molecule has 4 aromatic rings. The van der Waals surface area contributed by atoms with E-state index in [0.717, 1.165) is 42.7 Å². The van der Waals surface area contributed by atoms with Crippen LogP contribution in [0.15, 0.2) is 86.2 Å². The zero-order valence-corrected chi connectivity index (χ0v) is 44.2. The number of carboxylic acid groups (broad SMARTS) is 1. The molecule has 18 heteroatoms. The summed E-state index contributed by atoms with van der Waals surface area (Å²) in [7, 11) is 1.03. The van der Waals surface area contributed by atoms with E-state index in [-0.39, 0.29) is 61.0 Å². The molecule has 1 aliphatic rings. The Kier molecular flexibility index (Phi) is 22.3. The second-order valence-corrected chi connectivity index (χ2v) is 18.8. The summed E-state index contributed by atoms with van der Waals surface area (Å²) in [5.74, 6) is -1.77. The van der Waals surface area contributed by atoms with Gasteiger partial charge in [0.1, 0.15) is 11.4 Å². The van der Waals surface area contributed by atoms with Crippen LogP contribution in [0.1, 0.15) is 108 Å². The number of halogens is 6. The Morgan fingerprint density at radius 2 is 1.37 bits per heavy atom. The third-order valence-corrected chi connectivity index (χ3v) is 10.9. The van der Waals surface area contributed by atoms with E-state index in [0.29, 0.717) is 17.4 Å². The summed E-state index contributed by atoms with van der Waals surface area (Å²) in [5.41, 5.74) is 3.07. The van der Waals surface area contributed by atoms with Crippen LogP contribution in [0.25, 0.3) is 0 Å². The number of carbonyl (C=O) groups excluding carboxylic acids is 2. The van der Waals surface area contributed by atoms with Crippen LogP contribution >= 0.6 is 47.8 Å². The van der Waals surface area contributed by atoms with Gasteiger partial charge in [-0.25, -0.2) is 9.59 Å². The Bertz CT molecular complexity index is 2070. The normalized spacial score (nSPS) is 14.0. The van der Waals surface area contributed by atoms with Gasteiger partial charge in [0.2, 0.25) is 5.76 Å². The molecule has 0 bridgehead atoms. The summed E-state index contributed by atoms with van der Waals surface area (Å²) in [4.78, 5) is 33.9. The summed E-state index contributed by atoms with van der Waals surface area (Å²) >= 11 is 9.65. The molecule has 2 heterocycles. The minimum absolute atomic E-state index is 0. The minimum atomic E-state index is -4.37. The summed E-state index contributed by atoms with van der Waals surface area (Å²) in [6.45, 7) is 21.3. The van der Waals surface area contributed by atoms with Gasteiger partial charge >= 0.3 is 60.9 Å². The van der Waals surface area contributed by atoms with Crippen LogP contribution in [-0.4, -0.2) is 54.2 Å². The molecule has 10 nitrogen and oxygen atoms in total. The number of alkyl carbamates (subject to hydrolysis) is 1. The van der Waals surface area contributed by atoms with E-state index >= 15 is 0 Å². The topological polar surface area (TPSA) is 134 Å². The van der Waals surface area contributed by atoms with E-state index in [1.54, 1.807) is 26.0 Å². The monoisotopic (exact) mass is 1070 g/mol. The zero-order chi connectivity index (χ0) is 46.7. The Balaban J connectivity index is 0.000000852. The van der Waals surface area contributed by atoms with E-state index < -0.39 is 35.0 Å². The molecule has 1 aliphatic heterocycles. The van der Waals surface area contributed by atoms with Crippen molar-refractivity contribution >= 4 is 78.4 Å². The van der Waals surface area contributed by atoms with Gasteiger partial charge in [0, 0.05) is 15.5 Å². The van der Waals surface area contributed by atoms with Gasteiger partial charge in [-0.3, -0.25) is 4.79 Å². The quantitative estimate of drug-likeness (QED) is 0.106. The first-order valence-corrected chi connectivity index (χ1v) is 21.6. The molecule has 1 aromatic heterocycles. The van der Waals surface area contributed by atoms with Crippen molar-refractivity contribution in [1.82, 2.24) is 5.32 Å². The van der Waals surface area contributed by atoms with Crippen LogP contribution < -0.4 is 40.3 Å². The molecule has 3 aromatic carbocycles. The van der Waals surface area contributed by atoms with Crippen LogP contribution in [0.3, 0.4) is 0 Å². The number of ether oxygens (including phenoxy) is 2. The Morgan fingerprint density at radius 3 is 1.77 bits per heavy atom. The first kappa shape index (κ1) is 57.4. The molecule has 0 radical (unpaired) electrons. The van der Waals surface area contributed by atoms with Crippen molar-refractivity contribution in [2.45, 2.75) is 116 Å². The third-order valence-electron chi connectivity index (χ3n) is 9.37. The molecule has 1 fully saturated rings. The van der Waals surface area contributed by atoms with E-state index in [1.807, 2.05) is 111 Å². The molecule has 62 heavy (non-hydrogen) atoms. The molecular weight excluding hydrogens is 1020 g/mol. The molecule has 5 rings (SSSR count). The maximum atomic E-state index is 11.8. The van der Waals surface area contributed by atoms with Gasteiger partial charge < -0.3 is 35.0 Å². The van der Waals surface area contributed by atoms with Gasteiger partial charge in [0.05, 0.1) is 34.6 Å². The molecule has 0 spiro atoms. The maximum Gasteiger partial charge on any atom is 1.00 e. The number of esters is 1. The van der Waals surface area contributed by atoms with Crippen LogP contribution in [0, 0.1) is 13.8 Å². The van der Waals surface area contributed by atoms with E-state index in [2.05, 4.69) is 57.5 Å². The molecule has 336 valence electrons. The van der Waals surface area contributed by atoms with Gasteiger partial charge in [0.25, 0.3) is 0 Å². The van der Waals surface area contributed by atoms with E-state index in [1.165, 1.54) is 13.2 Å². The SMILES string of the molecule is CC(C)(C)OC(=O)NCc1ccc(B2OC(C)(C)C(C)(C)O2)cc1.COC(=O)C(C)(C)c1cccc(Br)c1.Cc1cc(Br)cc(C)c1C(=O)O.FC(F)(F)c1ccc(CBr)o1.[H-].[Na+]. The van der Waals surface area contributed by atoms with Crippen molar-refractivity contribution in [1.29, 1.82) is 0 Å². The van der Waals surface area contributed by atoms with Crippen molar-refractivity contribution in [3.05, 3.63) is 121 Å². The summed E-state index contributed by atoms with van der Waals surface area (Å²) in [6.07, 6.45) is -4.79. The van der Waals surface area contributed by atoms with Gasteiger partial charge in [-0.1, -0.05) is 84.2 Å². The fourth-order valence-electron chi connectivity index (χ4n) is 5.36. The number of benzene rings is 3. The van der Waals surface area contributed by atoms with Crippen LogP contribution in [0.4, 0.5) is 18.0 Å². The van der Waals surface area contributed by atoms with Crippen LogP contribution in [0.2, 0.25) is 0 Å². The number of carbonyl (C=O) groups is 3. The Labute approximate surface area is 412 Å². The number of rotatable bonds is 7. The third kappa shape index (κ3) is 17.7. The number of methoxy groups -OCH3 is 1. The average molecular weight is 1070 g/mol. The summed E-state index contributed by atoms with van der Waals surface area (Å²) in [5, 5.41) is 11.9. The Hall–Kier alpha value is -2.64. The molecule has 1 saturated heterocycles. The smallest absolute Gasteiger partial charge is 1.00 e. The zero-order valence-electron chi connectivity index (χ0n) is 38.4. The number of carboxylic acids is 1. The van der Waals surface area contributed by atoms with Crippen molar-refractivity contribution in [3.8, 4) is 0 Å². The van der Waals surface area contributed by atoms with Crippen molar-refractivity contribution < 1.29 is 86.8 Å². The average Bonchev–Trinajstić information content (AvgIpc) is 3.71. The van der Waals surface area contributed by atoms with E-state index in [9.17, 15) is 27.6 Å². The number of aromatic carboxylic acids is 1. The molecule has 1 amide bonds. The number of aryl methyl sites for hydroxylation is 2. The maximum absolute atomic E-state index is 11.8. The van der Waals surface area contributed by atoms with Gasteiger partial charge in [-0.2, -0.15) is 13.2 Å². The number of alkyl halides is 4. The van der Waals surface area contributed by atoms with Gasteiger partial charge in [-0.15, -0.1) is 0 Å². The molecule has 2 N–H and O–H groups in total. The first-order valence-electron chi connectivity index (χ1n) is 18.9. The fraction of sp³-hybridized carbons (Fsp3) is 0.432. The van der Waals surface area contributed by atoms with Crippen molar-refractivity contribution in [3.63, 3.8) is 0 Å². The fourth-order valence-corrected chi connectivity index (χ4v) is 6.75. The second kappa shape index (κ2) is 24.0.